The summed E-state index contributed by atoms with van der Waals surface area (Å²) in [7, 11) is -3.50. The van der Waals surface area contributed by atoms with Gasteiger partial charge in [-0.2, -0.15) is 0 Å². The Bertz CT molecular complexity index is 1210. The van der Waals surface area contributed by atoms with E-state index in [1.54, 1.807) is 0 Å². The number of hydrogen-bond donors (Lipinski definition) is 2. The van der Waals surface area contributed by atoms with Crippen molar-refractivity contribution in [3.63, 3.8) is 0 Å². The van der Waals surface area contributed by atoms with E-state index in [2.05, 4.69) is 10.0 Å². The Morgan fingerprint density at radius 3 is 2.65 bits per heavy atom. The molecule has 0 saturated heterocycles. The first-order valence-electron chi connectivity index (χ1n) is 10.6. The highest BCUT2D eigenvalue weighted by Gasteiger charge is 2.23. The van der Waals surface area contributed by atoms with Crippen LogP contribution in [-0.2, 0) is 29.4 Å². The van der Waals surface area contributed by atoms with Crippen molar-refractivity contribution in [2.45, 2.75) is 39.2 Å². The molecule has 7 heteroatoms. The zero-order valence-corrected chi connectivity index (χ0v) is 18.5. The van der Waals surface area contributed by atoms with Gasteiger partial charge in [-0.05, 0) is 55.9 Å². The maximum Gasteiger partial charge on any atom is 0.252 e. The van der Waals surface area contributed by atoms with E-state index < -0.39 is 10.0 Å². The van der Waals surface area contributed by atoms with E-state index in [0.717, 1.165) is 59.0 Å². The van der Waals surface area contributed by atoms with E-state index in [-0.39, 0.29) is 24.7 Å². The monoisotopic (exact) mass is 437 g/mol. The van der Waals surface area contributed by atoms with E-state index in [1.165, 1.54) is 0 Å². The molecular weight excluding hydrogens is 410 g/mol. The average molecular weight is 438 g/mol. The Labute approximate surface area is 183 Å². The van der Waals surface area contributed by atoms with Gasteiger partial charge in [0.15, 0.2) is 0 Å². The van der Waals surface area contributed by atoms with Gasteiger partial charge in [-0.1, -0.05) is 42.0 Å². The van der Waals surface area contributed by atoms with Crippen LogP contribution in [-0.4, -0.2) is 31.6 Å². The molecule has 6 nitrogen and oxygen atoms in total. The molecule has 3 aromatic rings. The maximum atomic E-state index is 13.2. The topological polar surface area (TPSA) is 88.2 Å². The number of benzene rings is 2. The first-order valence-corrected chi connectivity index (χ1v) is 12.3. The fourth-order valence-electron chi connectivity index (χ4n) is 4.05. The second kappa shape index (κ2) is 9.16. The van der Waals surface area contributed by atoms with Gasteiger partial charge in [-0.15, -0.1) is 0 Å². The van der Waals surface area contributed by atoms with Crippen LogP contribution in [0.25, 0.3) is 10.9 Å². The molecule has 1 aliphatic rings. The number of sulfonamides is 1. The third-order valence-electron chi connectivity index (χ3n) is 5.64. The Morgan fingerprint density at radius 1 is 1.06 bits per heavy atom. The molecule has 2 aromatic carbocycles. The molecule has 0 aliphatic heterocycles. The number of carbonyl (C=O) groups is 1. The average Bonchev–Trinajstić information content (AvgIpc) is 2.77. The van der Waals surface area contributed by atoms with Gasteiger partial charge in [0.1, 0.15) is 0 Å². The summed E-state index contributed by atoms with van der Waals surface area (Å²) in [5.74, 6) is -0.398. The maximum absolute atomic E-state index is 13.2. The predicted octanol–water partition coefficient (Wildman–Crippen LogP) is 3.27. The van der Waals surface area contributed by atoms with Gasteiger partial charge in [0.05, 0.1) is 16.8 Å². The minimum Gasteiger partial charge on any atom is -0.351 e. The van der Waals surface area contributed by atoms with Gasteiger partial charge in [0, 0.05) is 24.2 Å². The number of pyridine rings is 1. The molecule has 0 atom stereocenters. The van der Waals surface area contributed by atoms with Crippen molar-refractivity contribution in [1.82, 2.24) is 15.0 Å². The van der Waals surface area contributed by atoms with Gasteiger partial charge in [0.25, 0.3) is 5.91 Å². The van der Waals surface area contributed by atoms with Crippen molar-refractivity contribution >= 4 is 26.8 Å². The molecule has 1 aliphatic carbocycles. The molecule has 0 spiro atoms. The fraction of sp³-hybridized carbons (Fsp3) is 0.333. The number of nitrogens with one attached hydrogen (secondary N) is 2. The van der Waals surface area contributed by atoms with Crippen LogP contribution in [0.3, 0.4) is 0 Å². The Balaban J connectivity index is 1.48. The summed E-state index contributed by atoms with van der Waals surface area (Å²) in [4.78, 5) is 17.9. The van der Waals surface area contributed by atoms with Crippen LogP contribution >= 0.6 is 0 Å². The lowest BCUT2D eigenvalue weighted by atomic mass is 9.89. The third kappa shape index (κ3) is 5.11. The predicted molar refractivity (Wildman–Crippen MR) is 123 cm³/mol. The molecular formula is C24H27N3O3S. The molecule has 1 heterocycles. The van der Waals surface area contributed by atoms with Crippen LogP contribution in [0.4, 0.5) is 0 Å². The highest BCUT2D eigenvalue weighted by atomic mass is 32.2. The zero-order chi connectivity index (χ0) is 21.8. The number of carbonyl (C=O) groups excluding carboxylic acids is 1. The van der Waals surface area contributed by atoms with Crippen molar-refractivity contribution in [3.8, 4) is 0 Å². The molecule has 1 aromatic heterocycles. The summed E-state index contributed by atoms with van der Waals surface area (Å²) in [5, 5.41) is 3.67. The summed E-state index contributed by atoms with van der Waals surface area (Å²) < 4.78 is 27.3. The minimum absolute atomic E-state index is 0.0490. The minimum atomic E-state index is -3.50. The van der Waals surface area contributed by atoms with E-state index in [4.69, 9.17) is 4.98 Å². The van der Waals surface area contributed by atoms with Gasteiger partial charge in [-0.25, -0.2) is 13.1 Å². The number of aromatic nitrogens is 1. The van der Waals surface area contributed by atoms with E-state index >= 15 is 0 Å². The van der Waals surface area contributed by atoms with Gasteiger partial charge >= 0.3 is 0 Å². The van der Waals surface area contributed by atoms with Crippen LogP contribution in [0.5, 0.6) is 0 Å². The van der Waals surface area contributed by atoms with Crippen molar-refractivity contribution < 1.29 is 13.2 Å². The van der Waals surface area contributed by atoms with Crippen molar-refractivity contribution in [1.29, 1.82) is 0 Å². The lowest BCUT2D eigenvalue weighted by molar-refractivity contribution is 0.0956. The van der Waals surface area contributed by atoms with Crippen LogP contribution < -0.4 is 10.0 Å². The van der Waals surface area contributed by atoms with Crippen LogP contribution in [0.1, 0.15) is 45.6 Å². The lowest BCUT2D eigenvalue weighted by Gasteiger charge is -2.20. The Kier molecular flexibility index (Phi) is 6.34. The second-order valence-corrected chi connectivity index (χ2v) is 9.95. The normalized spacial score (nSPS) is 13.7. The number of aryl methyl sites for hydroxylation is 2. The van der Waals surface area contributed by atoms with E-state index in [9.17, 15) is 13.2 Å². The van der Waals surface area contributed by atoms with Crippen molar-refractivity contribution in [2.75, 3.05) is 12.3 Å². The van der Waals surface area contributed by atoms with Crippen molar-refractivity contribution in [3.05, 3.63) is 76.5 Å². The van der Waals surface area contributed by atoms with Crippen LogP contribution in [0.15, 0.2) is 48.5 Å². The highest BCUT2D eigenvalue weighted by Crippen LogP contribution is 2.29. The van der Waals surface area contributed by atoms with Crippen LogP contribution in [0, 0.1) is 6.92 Å². The first-order chi connectivity index (χ1) is 14.9. The molecule has 2 N–H and O–H groups in total. The van der Waals surface area contributed by atoms with Crippen molar-refractivity contribution in [2.24, 2.45) is 0 Å². The smallest absolute Gasteiger partial charge is 0.252 e. The summed E-state index contributed by atoms with van der Waals surface area (Å²) in [6, 6.07) is 15.3. The molecule has 0 unspecified atom stereocenters. The lowest BCUT2D eigenvalue weighted by Crippen LogP contribution is -2.35. The summed E-state index contributed by atoms with van der Waals surface area (Å²) in [5.41, 5.74) is 5.41. The quantitative estimate of drug-likeness (QED) is 0.594. The number of fused-ring (bicyclic) bond motifs is 2. The molecule has 162 valence electrons. The van der Waals surface area contributed by atoms with Gasteiger partial charge in [0.2, 0.25) is 10.0 Å². The van der Waals surface area contributed by atoms with Gasteiger partial charge in [-0.3, -0.25) is 9.78 Å². The molecule has 0 saturated carbocycles. The largest absolute Gasteiger partial charge is 0.351 e. The molecule has 1 amide bonds. The van der Waals surface area contributed by atoms with E-state index in [1.807, 2.05) is 55.5 Å². The first kappa shape index (κ1) is 21.5. The molecule has 31 heavy (non-hydrogen) atoms. The summed E-state index contributed by atoms with van der Waals surface area (Å²) in [6.07, 6.45) is 3.80. The summed E-state index contributed by atoms with van der Waals surface area (Å²) in [6.45, 7) is 2.28. The van der Waals surface area contributed by atoms with Crippen LogP contribution in [0.2, 0.25) is 0 Å². The third-order valence-corrected chi connectivity index (χ3v) is 6.97. The zero-order valence-electron chi connectivity index (χ0n) is 17.6. The highest BCUT2D eigenvalue weighted by molar-refractivity contribution is 7.89. The molecule has 4 rings (SSSR count). The van der Waals surface area contributed by atoms with E-state index in [0.29, 0.717) is 5.56 Å². The second-order valence-electron chi connectivity index (χ2n) is 8.02. The number of rotatable bonds is 7. The fourth-order valence-corrected chi connectivity index (χ4v) is 4.95. The Morgan fingerprint density at radius 2 is 1.84 bits per heavy atom. The molecule has 0 radical (unpaired) electrons. The SMILES string of the molecule is Cc1ccc2nc3c(c(C(=O)NCCS(=O)(=O)NCc4ccccc4)c2c1)CCCC3. The molecule has 0 bridgehead atoms. The molecule has 0 fully saturated rings. The van der Waals surface area contributed by atoms with Gasteiger partial charge < -0.3 is 5.32 Å². The number of nitrogens with zero attached hydrogens (tertiary/aromatic N) is 1. The number of hydrogen-bond acceptors (Lipinski definition) is 4. The Hall–Kier alpha value is -2.77. The number of amides is 1. The standard InChI is InChI=1S/C24H27N3O3S/c1-17-11-12-22-20(15-17)23(19-9-5-6-10-21(19)27-22)24(28)25-13-14-31(29,30)26-16-18-7-3-2-4-8-18/h2-4,7-8,11-12,15,26H,5-6,9-10,13-14,16H2,1H3,(H,25,28). The summed E-state index contributed by atoms with van der Waals surface area (Å²) >= 11 is 0.